The van der Waals surface area contributed by atoms with Crippen molar-refractivity contribution < 1.29 is 0 Å². The normalized spacial score (nSPS) is 11.4. The summed E-state index contributed by atoms with van der Waals surface area (Å²) in [5.41, 5.74) is 2.49. The molecule has 2 aromatic heterocycles. The summed E-state index contributed by atoms with van der Waals surface area (Å²) in [5.74, 6) is 0.371. The summed E-state index contributed by atoms with van der Waals surface area (Å²) in [4.78, 5) is 30.9. The van der Waals surface area contributed by atoms with Crippen LogP contribution >= 0.6 is 11.6 Å². The van der Waals surface area contributed by atoms with Crippen LogP contribution in [0.15, 0.2) is 77.1 Å². The van der Waals surface area contributed by atoms with Gasteiger partial charge >= 0.3 is 5.69 Å². The highest BCUT2D eigenvalue weighted by molar-refractivity contribution is 6.31. The molecule has 0 atom stereocenters. The van der Waals surface area contributed by atoms with E-state index in [0.717, 1.165) is 11.1 Å². The van der Waals surface area contributed by atoms with E-state index in [9.17, 15) is 9.59 Å². The molecule has 4 rings (SSSR count). The fourth-order valence-corrected chi connectivity index (χ4v) is 3.84. The van der Waals surface area contributed by atoms with Crippen LogP contribution in [0.4, 0.5) is 0 Å². The largest absolute Gasteiger partial charge is 0.337 e. The summed E-state index contributed by atoms with van der Waals surface area (Å²) in [6.07, 6.45) is 3.11. The van der Waals surface area contributed by atoms with Gasteiger partial charge in [-0.05, 0) is 35.2 Å². The van der Waals surface area contributed by atoms with E-state index in [0.29, 0.717) is 34.3 Å². The first-order valence-electron chi connectivity index (χ1n) is 10.1. The molecule has 2 aromatic carbocycles. The van der Waals surface area contributed by atoms with Crippen LogP contribution in [-0.4, -0.2) is 18.7 Å². The molecule has 0 N–H and O–H groups in total. The van der Waals surface area contributed by atoms with E-state index in [1.165, 1.54) is 15.2 Å². The highest BCUT2D eigenvalue weighted by Crippen LogP contribution is 2.20. The number of hydrogen-bond donors (Lipinski definition) is 0. The summed E-state index contributed by atoms with van der Waals surface area (Å²) in [5, 5.41) is 0.605. The molecular weight excluding hydrogens is 412 g/mol. The maximum atomic E-state index is 13.2. The second kappa shape index (κ2) is 8.40. The number of hydrogen-bond acceptors (Lipinski definition) is 3. The van der Waals surface area contributed by atoms with E-state index < -0.39 is 11.2 Å². The average molecular weight is 435 g/mol. The smallest absolute Gasteiger partial charge is 0.320 e. The Morgan fingerprint density at radius 2 is 1.81 bits per heavy atom. The molecule has 0 saturated carbocycles. The molecule has 0 saturated heterocycles. The fraction of sp³-hybridized carbons (Fsp3) is 0.208. The molecule has 0 unspecified atom stereocenters. The van der Waals surface area contributed by atoms with Gasteiger partial charge in [0.05, 0.1) is 18.6 Å². The number of aromatic nitrogens is 4. The highest BCUT2D eigenvalue weighted by atomic mass is 35.5. The zero-order valence-corrected chi connectivity index (χ0v) is 18.2. The highest BCUT2D eigenvalue weighted by Gasteiger charge is 2.19. The zero-order valence-electron chi connectivity index (χ0n) is 17.5. The van der Waals surface area contributed by atoms with Crippen molar-refractivity contribution in [3.05, 3.63) is 105 Å². The van der Waals surface area contributed by atoms with Gasteiger partial charge < -0.3 is 4.57 Å². The van der Waals surface area contributed by atoms with Crippen LogP contribution in [0.2, 0.25) is 5.02 Å². The molecule has 0 aliphatic carbocycles. The van der Waals surface area contributed by atoms with Crippen molar-refractivity contribution in [3.63, 3.8) is 0 Å². The van der Waals surface area contributed by atoms with Gasteiger partial charge in [0.2, 0.25) is 0 Å². The number of allylic oxidation sites excluding steroid dienone is 1. The monoisotopic (exact) mass is 434 g/mol. The molecule has 0 amide bonds. The van der Waals surface area contributed by atoms with E-state index in [2.05, 4.69) is 25.4 Å². The SMILES string of the molecule is C=CCn1c(=O)c2c(ncn2Cc2ccccc2Cl)n(-c2ccc(C(C)C)cc2)c1=O. The summed E-state index contributed by atoms with van der Waals surface area (Å²) >= 11 is 6.32. The number of fused-ring (bicyclic) bond motifs is 1. The maximum absolute atomic E-state index is 13.2. The average Bonchev–Trinajstić information content (AvgIpc) is 3.16. The third-order valence-electron chi connectivity index (χ3n) is 5.33. The fourth-order valence-electron chi connectivity index (χ4n) is 3.64. The Morgan fingerprint density at radius 3 is 2.45 bits per heavy atom. The molecule has 31 heavy (non-hydrogen) atoms. The molecular formula is C24H23ClN4O2. The van der Waals surface area contributed by atoms with E-state index in [1.54, 1.807) is 17.0 Å². The minimum atomic E-state index is -0.447. The summed E-state index contributed by atoms with van der Waals surface area (Å²) in [7, 11) is 0. The lowest BCUT2D eigenvalue weighted by Gasteiger charge is -2.13. The molecule has 2 heterocycles. The van der Waals surface area contributed by atoms with Gasteiger partial charge in [-0.1, -0.05) is 61.9 Å². The summed E-state index contributed by atoms with van der Waals surface area (Å²) in [6, 6.07) is 15.2. The van der Waals surface area contributed by atoms with Gasteiger partial charge in [0.1, 0.15) is 0 Å². The van der Waals surface area contributed by atoms with Crippen molar-refractivity contribution in [1.29, 1.82) is 0 Å². The lowest BCUT2D eigenvalue weighted by Crippen LogP contribution is -2.39. The van der Waals surface area contributed by atoms with Crippen LogP contribution in [0.5, 0.6) is 0 Å². The third kappa shape index (κ3) is 3.75. The first-order chi connectivity index (χ1) is 14.9. The Balaban J connectivity index is 1.97. The number of benzene rings is 2. The second-order valence-electron chi connectivity index (χ2n) is 7.70. The van der Waals surface area contributed by atoms with Crippen molar-refractivity contribution in [3.8, 4) is 5.69 Å². The Hall–Kier alpha value is -3.38. The minimum absolute atomic E-state index is 0.106. The molecule has 7 heteroatoms. The van der Waals surface area contributed by atoms with Crippen LogP contribution in [0.3, 0.4) is 0 Å². The topological polar surface area (TPSA) is 61.8 Å². The van der Waals surface area contributed by atoms with Gasteiger partial charge in [-0.3, -0.25) is 9.36 Å². The molecule has 0 radical (unpaired) electrons. The van der Waals surface area contributed by atoms with Crippen molar-refractivity contribution in [1.82, 2.24) is 18.7 Å². The van der Waals surface area contributed by atoms with Gasteiger partial charge in [-0.25, -0.2) is 14.3 Å². The van der Waals surface area contributed by atoms with Gasteiger partial charge in [0.25, 0.3) is 5.56 Å². The van der Waals surface area contributed by atoms with Gasteiger partial charge in [0, 0.05) is 11.6 Å². The molecule has 0 spiro atoms. The lowest BCUT2D eigenvalue weighted by molar-refractivity contribution is 0.690. The van der Waals surface area contributed by atoms with Crippen LogP contribution in [0.25, 0.3) is 16.9 Å². The van der Waals surface area contributed by atoms with Crippen LogP contribution in [0.1, 0.15) is 30.9 Å². The molecule has 4 aromatic rings. The summed E-state index contributed by atoms with van der Waals surface area (Å²) < 4.78 is 4.39. The second-order valence-corrected chi connectivity index (χ2v) is 8.11. The van der Waals surface area contributed by atoms with E-state index in [4.69, 9.17) is 11.6 Å². The molecule has 158 valence electrons. The number of rotatable bonds is 6. The first kappa shape index (κ1) is 20.9. The quantitative estimate of drug-likeness (QED) is 0.423. The third-order valence-corrected chi connectivity index (χ3v) is 5.70. The Bertz CT molecular complexity index is 1380. The standard InChI is InChI=1S/C24H23ClN4O2/c1-4-13-28-23(30)21-22(26-15-27(21)14-18-7-5-6-8-20(18)25)29(24(28)31)19-11-9-17(10-12-19)16(2)3/h4-12,15-16H,1,13-14H2,2-3H3. The molecule has 0 aliphatic rings. The molecule has 0 bridgehead atoms. The van der Waals surface area contributed by atoms with E-state index in [1.807, 2.05) is 42.5 Å². The van der Waals surface area contributed by atoms with Crippen molar-refractivity contribution >= 4 is 22.8 Å². The summed E-state index contributed by atoms with van der Waals surface area (Å²) in [6.45, 7) is 8.39. The van der Waals surface area contributed by atoms with Gasteiger partial charge in [-0.15, -0.1) is 6.58 Å². The van der Waals surface area contributed by atoms with Crippen molar-refractivity contribution in [2.24, 2.45) is 0 Å². The van der Waals surface area contributed by atoms with Gasteiger partial charge in [0.15, 0.2) is 11.2 Å². The number of halogens is 1. The van der Waals surface area contributed by atoms with Crippen LogP contribution in [0, 0.1) is 0 Å². The molecule has 0 aliphatic heterocycles. The van der Waals surface area contributed by atoms with Crippen molar-refractivity contribution in [2.45, 2.75) is 32.9 Å². The maximum Gasteiger partial charge on any atom is 0.337 e. The Kier molecular flexibility index (Phi) is 5.65. The predicted octanol–water partition coefficient (Wildman–Crippen LogP) is 4.36. The Morgan fingerprint density at radius 1 is 1.10 bits per heavy atom. The number of nitrogens with zero attached hydrogens (tertiary/aromatic N) is 4. The van der Waals surface area contributed by atoms with Crippen LogP contribution in [-0.2, 0) is 13.1 Å². The molecule has 6 nitrogen and oxygen atoms in total. The van der Waals surface area contributed by atoms with Gasteiger partial charge in [-0.2, -0.15) is 0 Å². The predicted molar refractivity (Wildman–Crippen MR) is 124 cm³/mol. The minimum Gasteiger partial charge on any atom is -0.320 e. The number of imidazole rings is 1. The van der Waals surface area contributed by atoms with Crippen LogP contribution < -0.4 is 11.2 Å². The van der Waals surface area contributed by atoms with E-state index in [-0.39, 0.29) is 6.54 Å². The molecule has 0 fully saturated rings. The first-order valence-corrected chi connectivity index (χ1v) is 10.5. The van der Waals surface area contributed by atoms with E-state index >= 15 is 0 Å². The Labute approximate surface area is 184 Å². The lowest BCUT2D eigenvalue weighted by atomic mass is 10.0. The zero-order chi connectivity index (χ0) is 22.1. The van der Waals surface area contributed by atoms with Crippen molar-refractivity contribution in [2.75, 3.05) is 0 Å².